The van der Waals surface area contributed by atoms with Gasteiger partial charge in [-0.05, 0) is 31.4 Å². The van der Waals surface area contributed by atoms with E-state index in [1.165, 1.54) is 0 Å². The molecule has 4 nitrogen and oxygen atoms in total. The van der Waals surface area contributed by atoms with Gasteiger partial charge in [0, 0.05) is 19.2 Å². The van der Waals surface area contributed by atoms with E-state index in [0.717, 1.165) is 16.8 Å². The maximum atomic E-state index is 13.8. The highest BCUT2D eigenvalue weighted by Crippen LogP contribution is 2.29. The van der Waals surface area contributed by atoms with Gasteiger partial charge in [0.2, 0.25) is 10.0 Å². The highest BCUT2D eigenvalue weighted by atomic mass is 32.2. The van der Waals surface area contributed by atoms with Gasteiger partial charge in [-0.3, -0.25) is 0 Å². The molecule has 0 bridgehead atoms. The fourth-order valence-electron chi connectivity index (χ4n) is 2.56. The van der Waals surface area contributed by atoms with Crippen LogP contribution >= 0.6 is 0 Å². The monoisotopic (exact) mass is 323 g/mol. The van der Waals surface area contributed by atoms with Gasteiger partial charge in [0.25, 0.3) is 0 Å². The quantitative estimate of drug-likeness (QED) is 0.863. The molecule has 0 radical (unpaired) electrons. The maximum Gasteiger partial charge on any atom is 0.246 e. The predicted octanol–water partition coefficient (Wildman–Crippen LogP) is 2.03. The summed E-state index contributed by atoms with van der Waals surface area (Å²) in [6.45, 7) is -0.0254. The Hall–Kier alpha value is -1.12. The van der Waals surface area contributed by atoms with Crippen LogP contribution in [-0.2, 0) is 10.0 Å². The zero-order valence-corrected chi connectivity index (χ0v) is 12.0. The molecule has 1 fully saturated rings. The molecule has 0 amide bonds. The molecule has 0 aromatic heterocycles. The topological polar surface area (TPSA) is 57.6 Å². The molecular formula is C13H16F3NO3S. The largest absolute Gasteiger partial charge is 0.396 e. The van der Waals surface area contributed by atoms with Crippen LogP contribution in [0.2, 0.25) is 0 Å². The highest BCUT2D eigenvalue weighted by molar-refractivity contribution is 7.89. The van der Waals surface area contributed by atoms with E-state index in [1.807, 2.05) is 0 Å². The number of aliphatic hydroxyl groups is 1. The van der Waals surface area contributed by atoms with Crippen molar-refractivity contribution in [1.29, 1.82) is 0 Å². The minimum atomic E-state index is -4.26. The Kier molecular flexibility index (Phi) is 4.90. The summed E-state index contributed by atoms with van der Waals surface area (Å²) >= 11 is 0. The number of piperidine rings is 1. The van der Waals surface area contributed by atoms with Crippen molar-refractivity contribution in [3.63, 3.8) is 0 Å². The third-order valence-electron chi connectivity index (χ3n) is 3.62. The second kappa shape index (κ2) is 6.33. The number of hydrogen-bond acceptors (Lipinski definition) is 3. The first-order valence-electron chi connectivity index (χ1n) is 6.65. The maximum absolute atomic E-state index is 13.8. The molecule has 1 saturated heterocycles. The molecule has 0 aliphatic carbocycles. The average molecular weight is 323 g/mol. The van der Waals surface area contributed by atoms with E-state index in [-0.39, 0.29) is 19.6 Å². The van der Waals surface area contributed by atoms with Gasteiger partial charge in [-0.25, -0.2) is 21.6 Å². The van der Waals surface area contributed by atoms with E-state index >= 15 is 0 Å². The fourth-order valence-corrected chi connectivity index (χ4v) is 4.34. The lowest BCUT2D eigenvalue weighted by atomic mass is 10.0. The minimum absolute atomic E-state index is 0.172. The lowest BCUT2D eigenvalue weighted by Crippen LogP contribution is -2.44. The van der Waals surface area contributed by atoms with Crippen molar-refractivity contribution < 1.29 is 26.7 Å². The number of benzene rings is 1. The van der Waals surface area contributed by atoms with Crippen LogP contribution in [0.25, 0.3) is 0 Å². The lowest BCUT2D eigenvalue weighted by molar-refractivity contribution is 0.192. The van der Waals surface area contributed by atoms with Gasteiger partial charge in [0.1, 0.15) is 4.90 Å². The standard InChI is InChI=1S/C13H16F3NO3S/c14-10-4-5-11(13(16)12(10)15)21(19,20)17-7-2-1-3-9(17)6-8-18/h4-5,9,18H,1-3,6-8H2. The Morgan fingerprint density at radius 3 is 2.57 bits per heavy atom. The third-order valence-corrected chi connectivity index (χ3v) is 5.59. The molecule has 21 heavy (non-hydrogen) atoms. The zero-order valence-electron chi connectivity index (χ0n) is 11.2. The van der Waals surface area contributed by atoms with Crippen molar-refractivity contribution in [2.75, 3.05) is 13.2 Å². The van der Waals surface area contributed by atoms with Gasteiger partial charge >= 0.3 is 0 Å². The second-order valence-electron chi connectivity index (χ2n) is 4.95. The summed E-state index contributed by atoms with van der Waals surface area (Å²) in [5.74, 6) is -4.94. The van der Waals surface area contributed by atoms with E-state index in [0.29, 0.717) is 18.9 Å². The zero-order chi connectivity index (χ0) is 15.6. The third kappa shape index (κ3) is 3.07. The fraction of sp³-hybridized carbons (Fsp3) is 0.538. The lowest BCUT2D eigenvalue weighted by Gasteiger charge is -2.34. The summed E-state index contributed by atoms with van der Waals surface area (Å²) in [6.07, 6.45) is 2.18. The normalized spacial score (nSPS) is 20.7. The van der Waals surface area contributed by atoms with Crippen molar-refractivity contribution in [1.82, 2.24) is 4.31 Å². The first-order chi connectivity index (χ1) is 9.89. The minimum Gasteiger partial charge on any atom is -0.396 e. The Morgan fingerprint density at radius 1 is 1.19 bits per heavy atom. The van der Waals surface area contributed by atoms with E-state index in [4.69, 9.17) is 5.11 Å². The number of sulfonamides is 1. The second-order valence-corrected chi connectivity index (χ2v) is 6.81. The van der Waals surface area contributed by atoms with Crippen molar-refractivity contribution >= 4 is 10.0 Å². The van der Waals surface area contributed by atoms with Crippen LogP contribution in [0.4, 0.5) is 13.2 Å². The van der Waals surface area contributed by atoms with Crippen LogP contribution < -0.4 is 0 Å². The van der Waals surface area contributed by atoms with Gasteiger partial charge in [0.15, 0.2) is 17.5 Å². The van der Waals surface area contributed by atoms with E-state index < -0.39 is 38.4 Å². The number of hydrogen-bond donors (Lipinski definition) is 1. The Balaban J connectivity index is 2.43. The van der Waals surface area contributed by atoms with Crippen LogP contribution in [0.1, 0.15) is 25.7 Å². The molecule has 1 aliphatic heterocycles. The summed E-state index contributed by atoms with van der Waals surface area (Å²) in [5, 5.41) is 9.00. The van der Waals surface area contributed by atoms with Gasteiger partial charge in [-0.2, -0.15) is 4.31 Å². The number of nitrogens with zero attached hydrogens (tertiary/aromatic N) is 1. The van der Waals surface area contributed by atoms with Crippen LogP contribution in [-0.4, -0.2) is 37.0 Å². The van der Waals surface area contributed by atoms with Crippen molar-refractivity contribution in [2.45, 2.75) is 36.6 Å². The molecule has 1 unspecified atom stereocenters. The molecule has 0 saturated carbocycles. The smallest absolute Gasteiger partial charge is 0.246 e. The Labute approximate surface area is 121 Å². The highest BCUT2D eigenvalue weighted by Gasteiger charge is 2.35. The average Bonchev–Trinajstić information content (AvgIpc) is 2.45. The Bertz CT molecular complexity index is 619. The van der Waals surface area contributed by atoms with Crippen LogP contribution in [0, 0.1) is 17.5 Å². The molecular weight excluding hydrogens is 307 g/mol. The summed E-state index contributed by atoms with van der Waals surface area (Å²) in [7, 11) is -4.26. The van der Waals surface area contributed by atoms with E-state index in [9.17, 15) is 21.6 Å². The summed E-state index contributed by atoms with van der Waals surface area (Å²) in [4.78, 5) is -0.869. The predicted molar refractivity (Wildman–Crippen MR) is 69.5 cm³/mol. The number of rotatable bonds is 4. The molecule has 1 aromatic rings. The van der Waals surface area contributed by atoms with Gasteiger partial charge in [0.05, 0.1) is 0 Å². The first-order valence-corrected chi connectivity index (χ1v) is 8.09. The van der Waals surface area contributed by atoms with Gasteiger partial charge in [-0.1, -0.05) is 6.42 Å². The van der Waals surface area contributed by atoms with Crippen molar-refractivity contribution in [3.05, 3.63) is 29.6 Å². The first kappa shape index (κ1) is 16.3. The molecule has 1 aliphatic rings. The molecule has 0 spiro atoms. The van der Waals surface area contributed by atoms with Crippen LogP contribution in [0.5, 0.6) is 0 Å². The summed E-state index contributed by atoms with van der Waals surface area (Å²) in [5.41, 5.74) is 0. The SMILES string of the molecule is O=S(=O)(c1ccc(F)c(F)c1F)N1CCCCC1CCO. The molecule has 1 heterocycles. The molecule has 1 aromatic carbocycles. The summed E-state index contributed by atoms with van der Waals surface area (Å²) < 4.78 is 66.0. The molecule has 1 atom stereocenters. The molecule has 1 N–H and O–H groups in total. The number of halogens is 3. The van der Waals surface area contributed by atoms with Gasteiger partial charge < -0.3 is 5.11 Å². The van der Waals surface area contributed by atoms with Crippen LogP contribution in [0.15, 0.2) is 17.0 Å². The Morgan fingerprint density at radius 2 is 1.90 bits per heavy atom. The number of aliphatic hydroxyl groups excluding tert-OH is 1. The molecule has 8 heteroatoms. The van der Waals surface area contributed by atoms with Crippen LogP contribution in [0.3, 0.4) is 0 Å². The summed E-state index contributed by atoms with van der Waals surface area (Å²) in [6, 6.07) is 0.866. The van der Waals surface area contributed by atoms with Crippen molar-refractivity contribution in [2.24, 2.45) is 0 Å². The van der Waals surface area contributed by atoms with Crippen molar-refractivity contribution in [3.8, 4) is 0 Å². The van der Waals surface area contributed by atoms with E-state index in [2.05, 4.69) is 0 Å². The van der Waals surface area contributed by atoms with E-state index in [1.54, 1.807) is 0 Å². The molecule has 118 valence electrons. The van der Waals surface area contributed by atoms with Gasteiger partial charge in [-0.15, -0.1) is 0 Å². The molecule has 2 rings (SSSR count).